The van der Waals surface area contributed by atoms with E-state index in [9.17, 15) is 24.6 Å². The topological polar surface area (TPSA) is 129 Å². The van der Waals surface area contributed by atoms with Gasteiger partial charge in [0.15, 0.2) is 17.5 Å². The molecular formula is C27H40O9. The molecule has 0 amide bonds. The third-order valence-electron chi connectivity index (χ3n) is 8.74. The Morgan fingerprint density at radius 1 is 1.19 bits per heavy atom. The summed E-state index contributed by atoms with van der Waals surface area (Å²) >= 11 is 0. The van der Waals surface area contributed by atoms with E-state index in [2.05, 4.69) is 6.58 Å². The predicted molar refractivity (Wildman–Crippen MR) is 130 cm³/mol. The van der Waals surface area contributed by atoms with Crippen molar-refractivity contribution in [3.8, 4) is 0 Å². The van der Waals surface area contributed by atoms with Crippen molar-refractivity contribution < 1.29 is 43.5 Å². The van der Waals surface area contributed by atoms with Gasteiger partial charge < -0.3 is 29.2 Å². The minimum atomic E-state index is -2.30. The molecule has 0 bridgehead atoms. The number of carbonyl (C=O) groups excluding carboxylic acids is 3. The summed E-state index contributed by atoms with van der Waals surface area (Å²) in [7, 11) is 0. The Bertz CT molecular complexity index is 957. The van der Waals surface area contributed by atoms with Gasteiger partial charge in [0, 0.05) is 23.8 Å². The van der Waals surface area contributed by atoms with E-state index in [1.807, 2.05) is 13.8 Å². The van der Waals surface area contributed by atoms with Gasteiger partial charge in [0.05, 0.1) is 18.3 Å². The van der Waals surface area contributed by atoms with Crippen molar-refractivity contribution in [1.29, 1.82) is 0 Å². The van der Waals surface area contributed by atoms with Gasteiger partial charge in [0.1, 0.15) is 11.7 Å². The third-order valence-corrected chi connectivity index (χ3v) is 8.74. The Kier molecular flexibility index (Phi) is 7.29. The van der Waals surface area contributed by atoms with Gasteiger partial charge >= 0.3 is 12.1 Å². The minimum absolute atomic E-state index is 0.0189. The molecule has 2 saturated carbocycles. The van der Waals surface area contributed by atoms with Crippen LogP contribution in [-0.2, 0) is 28.5 Å². The summed E-state index contributed by atoms with van der Waals surface area (Å²) in [4.78, 5) is 39.4. The molecule has 0 aromatic rings. The second-order valence-electron chi connectivity index (χ2n) is 11.5. The second-order valence-corrected chi connectivity index (χ2v) is 11.5. The maximum Gasteiger partial charge on any atom is 0.508 e. The monoisotopic (exact) mass is 508 g/mol. The van der Waals surface area contributed by atoms with E-state index in [-0.39, 0.29) is 13.0 Å². The maximum atomic E-state index is 14.0. The molecule has 9 heteroatoms. The van der Waals surface area contributed by atoms with Gasteiger partial charge in [-0.15, -0.1) is 6.58 Å². The molecule has 1 saturated heterocycles. The van der Waals surface area contributed by atoms with Crippen LogP contribution < -0.4 is 0 Å². The Hall–Kier alpha value is -2.23. The molecule has 0 aromatic carbocycles. The number of ether oxygens (including phenoxy) is 4. The molecule has 8 atom stereocenters. The van der Waals surface area contributed by atoms with Crippen molar-refractivity contribution >= 4 is 17.9 Å². The first-order valence-corrected chi connectivity index (χ1v) is 12.5. The van der Waals surface area contributed by atoms with E-state index in [4.69, 9.17) is 18.9 Å². The molecule has 2 aliphatic carbocycles. The van der Waals surface area contributed by atoms with Crippen LogP contribution in [0, 0.1) is 16.7 Å². The average molecular weight is 509 g/mol. The van der Waals surface area contributed by atoms with E-state index in [1.54, 1.807) is 27.7 Å². The molecular weight excluding hydrogens is 468 g/mol. The van der Waals surface area contributed by atoms with Crippen molar-refractivity contribution in [3.63, 3.8) is 0 Å². The van der Waals surface area contributed by atoms with Crippen molar-refractivity contribution in [2.24, 2.45) is 16.7 Å². The van der Waals surface area contributed by atoms with Crippen LogP contribution in [0.5, 0.6) is 0 Å². The Balaban J connectivity index is 2.36. The van der Waals surface area contributed by atoms with Crippen LogP contribution in [0.15, 0.2) is 24.8 Å². The second kappa shape index (κ2) is 9.26. The molecule has 202 valence electrons. The SMILES string of the molecule is C=C[C@@]1(C)CC(=O)[C@]2(O)[C@@]3(C)[C@@H](O)CCC(C)(C)[C@@H]3[C@H](OC(=O)/C=C/C)[C@H](OC(=O)OCC)[C@@]2(C)O1. The molecule has 2 N–H and O–H groups in total. The molecule has 3 aliphatic rings. The number of rotatable bonds is 5. The molecule has 0 radical (unpaired) electrons. The highest BCUT2D eigenvalue weighted by Gasteiger charge is 2.82. The van der Waals surface area contributed by atoms with Gasteiger partial charge in [0.25, 0.3) is 0 Å². The first-order valence-electron chi connectivity index (χ1n) is 12.5. The van der Waals surface area contributed by atoms with Crippen LogP contribution >= 0.6 is 0 Å². The lowest BCUT2D eigenvalue weighted by molar-refractivity contribution is -0.370. The normalized spacial score (nSPS) is 43.8. The Morgan fingerprint density at radius 2 is 1.83 bits per heavy atom. The molecule has 3 fully saturated rings. The maximum absolute atomic E-state index is 14.0. The minimum Gasteiger partial charge on any atom is -0.455 e. The highest BCUT2D eigenvalue weighted by Crippen LogP contribution is 2.67. The summed E-state index contributed by atoms with van der Waals surface area (Å²) in [6.45, 7) is 15.7. The molecule has 0 unspecified atom stereocenters. The summed E-state index contributed by atoms with van der Waals surface area (Å²) < 4.78 is 23.2. The number of Topliss-reactive ketones (excluding diaryl/α,β-unsaturated/α-hetero) is 1. The van der Waals surface area contributed by atoms with Crippen LogP contribution in [0.1, 0.15) is 67.7 Å². The summed E-state index contributed by atoms with van der Waals surface area (Å²) in [5.41, 5.74) is -7.60. The summed E-state index contributed by atoms with van der Waals surface area (Å²) in [5.74, 6) is -2.06. The zero-order valence-corrected chi connectivity index (χ0v) is 22.3. The number of carbonyl (C=O) groups is 3. The molecule has 36 heavy (non-hydrogen) atoms. The zero-order chi connectivity index (χ0) is 27.3. The summed E-state index contributed by atoms with van der Waals surface area (Å²) in [6, 6.07) is 0. The van der Waals surface area contributed by atoms with Crippen LogP contribution in [0.4, 0.5) is 4.79 Å². The van der Waals surface area contributed by atoms with Crippen molar-refractivity contribution in [3.05, 3.63) is 24.8 Å². The number of aliphatic hydroxyl groups excluding tert-OH is 1. The molecule has 0 aromatic heterocycles. The van der Waals surface area contributed by atoms with Gasteiger partial charge in [-0.2, -0.15) is 0 Å². The van der Waals surface area contributed by atoms with Crippen molar-refractivity contribution in [2.45, 2.75) is 103 Å². The first kappa shape index (κ1) is 28.3. The fourth-order valence-corrected chi connectivity index (χ4v) is 7.13. The van der Waals surface area contributed by atoms with Gasteiger partial charge in [-0.05, 0) is 46.0 Å². The van der Waals surface area contributed by atoms with E-state index >= 15 is 0 Å². The van der Waals surface area contributed by atoms with Gasteiger partial charge in [-0.25, -0.2) is 9.59 Å². The number of hydrogen-bond acceptors (Lipinski definition) is 9. The Labute approximate surface area is 212 Å². The smallest absolute Gasteiger partial charge is 0.455 e. The van der Waals surface area contributed by atoms with Gasteiger partial charge in [-0.1, -0.05) is 32.9 Å². The van der Waals surface area contributed by atoms with Crippen LogP contribution in [0.3, 0.4) is 0 Å². The number of allylic oxidation sites excluding steroid dienone is 1. The third kappa shape index (κ3) is 3.90. The number of fused-ring (bicyclic) bond motifs is 3. The lowest BCUT2D eigenvalue weighted by Crippen LogP contribution is -2.87. The standard InChI is InChI=1S/C27H40O9/c1-9-12-18(30)34-19-20-23(4,5)14-13-16(28)25(20,7)27(32)17(29)15-24(6,10-2)36-26(27,8)21(19)35-22(31)33-11-3/h9-10,12,16,19-21,28,32H,2,11,13-15H2,1,3-8H3/b12-9+/t16-,19-,20-,21-,24-,25-,26+,27-/m0/s1. The number of hydrogen-bond donors (Lipinski definition) is 2. The summed E-state index contributed by atoms with van der Waals surface area (Å²) in [6.07, 6.45) is 0.00803. The number of ketones is 1. The molecule has 3 rings (SSSR count). The predicted octanol–water partition coefficient (Wildman–Crippen LogP) is 3.26. The highest BCUT2D eigenvalue weighted by atomic mass is 16.7. The molecule has 0 spiro atoms. The molecule has 1 heterocycles. The average Bonchev–Trinajstić information content (AvgIpc) is 2.77. The molecule has 1 aliphatic heterocycles. The fourth-order valence-electron chi connectivity index (χ4n) is 7.13. The summed E-state index contributed by atoms with van der Waals surface area (Å²) in [5, 5.41) is 24.0. The highest BCUT2D eigenvalue weighted by molar-refractivity contribution is 5.92. The van der Waals surface area contributed by atoms with Crippen LogP contribution in [0.25, 0.3) is 0 Å². The van der Waals surface area contributed by atoms with Gasteiger partial charge in [0.2, 0.25) is 0 Å². The van der Waals surface area contributed by atoms with E-state index < -0.39 is 69.8 Å². The zero-order valence-electron chi connectivity index (χ0n) is 22.3. The van der Waals surface area contributed by atoms with Crippen molar-refractivity contribution in [2.75, 3.05) is 6.61 Å². The van der Waals surface area contributed by atoms with E-state index in [1.165, 1.54) is 25.2 Å². The van der Waals surface area contributed by atoms with Crippen LogP contribution in [-0.4, -0.2) is 69.8 Å². The lowest BCUT2D eigenvalue weighted by Gasteiger charge is -2.71. The van der Waals surface area contributed by atoms with Crippen molar-refractivity contribution in [1.82, 2.24) is 0 Å². The van der Waals surface area contributed by atoms with Gasteiger partial charge in [-0.3, -0.25) is 4.79 Å². The van der Waals surface area contributed by atoms with E-state index in [0.29, 0.717) is 12.8 Å². The lowest BCUT2D eigenvalue weighted by atomic mass is 9.39. The molecule has 9 nitrogen and oxygen atoms in total. The number of esters is 1. The fraction of sp³-hybridized carbons (Fsp3) is 0.741. The Morgan fingerprint density at radius 3 is 2.39 bits per heavy atom. The largest absolute Gasteiger partial charge is 0.508 e. The number of aliphatic hydroxyl groups is 2. The van der Waals surface area contributed by atoms with Crippen LogP contribution in [0.2, 0.25) is 0 Å². The van der Waals surface area contributed by atoms with E-state index in [0.717, 1.165) is 0 Å². The quantitative estimate of drug-likeness (QED) is 0.327. The first-order chi connectivity index (χ1) is 16.6.